The Labute approximate surface area is 398 Å². The van der Waals surface area contributed by atoms with Crippen molar-refractivity contribution in [2.45, 2.75) is 127 Å². The number of aromatic amines is 1. The highest BCUT2D eigenvalue weighted by atomic mass is 16.4. The Hall–Kier alpha value is -6.86. The van der Waals surface area contributed by atoms with Gasteiger partial charge in [-0.1, -0.05) is 45.9 Å². The zero-order valence-corrected chi connectivity index (χ0v) is 39.2. The molecule has 1 fully saturated rings. The lowest BCUT2D eigenvalue weighted by atomic mass is 9.99. The van der Waals surface area contributed by atoms with Gasteiger partial charge in [-0.2, -0.15) is 0 Å². The molecule has 0 unspecified atom stereocenters. The van der Waals surface area contributed by atoms with Crippen LogP contribution in [-0.2, 0) is 49.6 Å². The Balaban J connectivity index is 1.79. The summed E-state index contributed by atoms with van der Waals surface area (Å²) in [6.45, 7) is 4.81. The third-order valence-electron chi connectivity index (χ3n) is 11.3. The first-order chi connectivity index (χ1) is 32.6. The van der Waals surface area contributed by atoms with E-state index in [1.165, 1.54) is 0 Å². The molecule has 1 aliphatic heterocycles. The average molecular weight is 973 g/mol. The lowest BCUT2D eigenvalue weighted by Crippen LogP contribution is -2.61. The molecule has 1 aromatic heterocycles. The smallest absolute Gasteiger partial charge is 0.326 e. The maximum atomic E-state index is 14.1. The number of H-pyrrole nitrogens is 1. The molecule has 0 bridgehead atoms. The maximum Gasteiger partial charge on any atom is 0.326 e. The fraction of sp³-hybridized carbons (Fsp3) is 0.591. The van der Waals surface area contributed by atoms with Crippen LogP contribution >= 0.6 is 0 Å². The predicted octanol–water partition coefficient (Wildman–Crippen LogP) is -3.37. The number of carboxylic acids is 2. The number of hydrogen-bond donors (Lipinski definition) is 14. The van der Waals surface area contributed by atoms with Gasteiger partial charge in [0.1, 0.15) is 42.3 Å². The molecule has 2 heterocycles. The van der Waals surface area contributed by atoms with E-state index in [1.807, 2.05) is 24.3 Å². The van der Waals surface area contributed by atoms with Gasteiger partial charge in [0.25, 0.3) is 0 Å². The van der Waals surface area contributed by atoms with Gasteiger partial charge in [0, 0.05) is 36.6 Å². The Kier molecular flexibility index (Phi) is 22.3. The number of nitrogens with one attached hydrogen (secondary N) is 7. The van der Waals surface area contributed by atoms with Crippen LogP contribution in [0.3, 0.4) is 0 Å². The van der Waals surface area contributed by atoms with Gasteiger partial charge in [0.2, 0.25) is 41.4 Å². The number of benzene rings is 1. The molecule has 8 atom stereocenters. The maximum absolute atomic E-state index is 14.1. The van der Waals surface area contributed by atoms with Crippen molar-refractivity contribution in [2.24, 2.45) is 34.0 Å². The number of nitrogens with two attached hydrogens (primary N) is 3. The minimum absolute atomic E-state index is 0.0160. The second-order valence-electron chi connectivity index (χ2n) is 17.6. The summed E-state index contributed by atoms with van der Waals surface area (Å²) in [6.07, 6.45) is 1.49. The number of likely N-dealkylation sites (tertiary alicyclic amines) is 1. The second-order valence-corrected chi connectivity index (χ2v) is 17.6. The molecule has 0 aliphatic carbocycles. The summed E-state index contributed by atoms with van der Waals surface area (Å²) in [5, 5.41) is 54.7. The van der Waals surface area contributed by atoms with Crippen molar-refractivity contribution >= 4 is 70.2 Å². The Morgan fingerprint density at radius 2 is 1.32 bits per heavy atom. The summed E-state index contributed by atoms with van der Waals surface area (Å²) in [5.41, 5.74) is 18.8. The molecule has 17 N–H and O–H groups in total. The highest BCUT2D eigenvalue weighted by Crippen LogP contribution is 2.20. The number of rotatable bonds is 28. The normalized spacial score (nSPS) is 16.5. The first-order valence-corrected chi connectivity index (χ1v) is 22.7. The summed E-state index contributed by atoms with van der Waals surface area (Å²) in [5.74, 6) is -9.98. The number of aliphatic carboxylic acids is 2. The molecule has 0 spiro atoms. The number of nitrogens with zero attached hydrogens (tertiary/aromatic N) is 2. The number of carbonyl (C=O) groups excluding carboxylic acids is 7. The third-order valence-corrected chi connectivity index (χ3v) is 11.3. The fourth-order valence-electron chi connectivity index (χ4n) is 7.66. The Bertz CT molecular complexity index is 2160. The molecule has 25 heteroatoms. The first kappa shape index (κ1) is 56.5. The number of aliphatic hydroxyl groups is 2. The van der Waals surface area contributed by atoms with Gasteiger partial charge in [-0.15, -0.1) is 0 Å². The molecule has 0 saturated carbocycles. The van der Waals surface area contributed by atoms with Gasteiger partial charge < -0.3 is 79.4 Å². The molecular formula is C44H68N12O13. The largest absolute Gasteiger partial charge is 0.481 e. The second kappa shape index (κ2) is 27.2. The van der Waals surface area contributed by atoms with Crippen molar-refractivity contribution in [3.05, 3.63) is 36.0 Å². The molecule has 25 nitrogen and oxygen atoms in total. The number of fused-ring (bicyclic) bond motifs is 1. The van der Waals surface area contributed by atoms with Gasteiger partial charge >= 0.3 is 11.9 Å². The summed E-state index contributed by atoms with van der Waals surface area (Å²) in [4.78, 5) is 127. The quantitative estimate of drug-likeness (QED) is 0.0225. The number of aromatic nitrogens is 1. The van der Waals surface area contributed by atoms with E-state index in [0.29, 0.717) is 6.42 Å². The summed E-state index contributed by atoms with van der Waals surface area (Å²) in [7, 11) is 0. The van der Waals surface area contributed by atoms with Crippen LogP contribution in [0.5, 0.6) is 0 Å². The summed E-state index contributed by atoms with van der Waals surface area (Å²) < 4.78 is 0. The number of guanidine groups is 1. The molecule has 1 aliphatic rings. The Morgan fingerprint density at radius 3 is 1.93 bits per heavy atom. The first-order valence-electron chi connectivity index (χ1n) is 22.7. The van der Waals surface area contributed by atoms with Crippen molar-refractivity contribution < 1.29 is 63.6 Å². The lowest BCUT2D eigenvalue weighted by molar-refractivity contribution is -0.150. The molecule has 1 aromatic carbocycles. The van der Waals surface area contributed by atoms with Crippen LogP contribution in [0.1, 0.15) is 78.2 Å². The molecular weight excluding hydrogens is 905 g/mol. The van der Waals surface area contributed by atoms with E-state index in [1.54, 1.807) is 33.9 Å². The zero-order valence-electron chi connectivity index (χ0n) is 39.2. The van der Waals surface area contributed by atoms with E-state index >= 15 is 0 Å². The van der Waals surface area contributed by atoms with E-state index in [2.05, 4.69) is 41.9 Å². The number of amides is 7. The number of carbonyl (C=O) groups is 9. The van der Waals surface area contributed by atoms with Crippen LogP contribution in [0, 0.1) is 11.8 Å². The minimum Gasteiger partial charge on any atom is -0.481 e. The lowest BCUT2D eigenvalue weighted by Gasteiger charge is -2.29. The van der Waals surface area contributed by atoms with Crippen LogP contribution < -0.4 is 49.1 Å². The Morgan fingerprint density at radius 1 is 0.754 bits per heavy atom. The van der Waals surface area contributed by atoms with Gasteiger partial charge in [-0.25, -0.2) is 4.79 Å². The van der Waals surface area contributed by atoms with Crippen LogP contribution in [0.4, 0.5) is 0 Å². The van der Waals surface area contributed by atoms with Crippen LogP contribution in [0.15, 0.2) is 35.5 Å². The van der Waals surface area contributed by atoms with Gasteiger partial charge in [0.15, 0.2) is 5.96 Å². The molecule has 69 heavy (non-hydrogen) atoms. The van der Waals surface area contributed by atoms with Crippen molar-refractivity contribution in [3.8, 4) is 0 Å². The molecule has 2 aromatic rings. The van der Waals surface area contributed by atoms with Gasteiger partial charge in [-0.05, 0) is 68.4 Å². The van der Waals surface area contributed by atoms with Gasteiger partial charge in [-0.3, -0.25) is 43.3 Å². The van der Waals surface area contributed by atoms with Crippen molar-refractivity contribution in [1.82, 2.24) is 41.8 Å². The van der Waals surface area contributed by atoms with Crippen molar-refractivity contribution in [2.75, 3.05) is 26.3 Å². The molecule has 7 amide bonds. The van der Waals surface area contributed by atoms with Crippen molar-refractivity contribution in [3.63, 3.8) is 0 Å². The zero-order chi connectivity index (χ0) is 51.5. The predicted molar refractivity (Wildman–Crippen MR) is 249 cm³/mol. The highest BCUT2D eigenvalue weighted by Gasteiger charge is 2.39. The number of para-hydroxylation sites is 1. The molecule has 0 radical (unpaired) electrons. The highest BCUT2D eigenvalue weighted by molar-refractivity contribution is 5.98. The minimum atomic E-state index is -1.71. The fourth-order valence-corrected chi connectivity index (χ4v) is 7.66. The average Bonchev–Trinajstić information content (AvgIpc) is 3.96. The monoisotopic (exact) mass is 973 g/mol. The van der Waals surface area contributed by atoms with E-state index in [-0.39, 0.29) is 63.5 Å². The number of aliphatic hydroxyl groups excluding tert-OH is 2. The summed E-state index contributed by atoms with van der Waals surface area (Å²) in [6, 6.07) is -3.84. The van der Waals surface area contributed by atoms with Crippen molar-refractivity contribution in [1.29, 1.82) is 0 Å². The third kappa shape index (κ3) is 17.3. The number of aliphatic imine (C=N–C) groups is 1. The molecule has 1 saturated heterocycles. The molecule has 3 rings (SSSR count). The van der Waals surface area contributed by atoms with E-state index in [9.17, 15) is 63.6 Å². The van der Waals surface area contributed by atoms with E-state index < -0.39 is 127 Å². The summed E-state index contributed by atoms with van der Waals surface area (Å²) >= 11 is 0. The van der Waals surface area contributed by atoms with Crippen LogP contribution in [0.25, 0.3) is 10.9 Å². The number of hydrogen-bond acceptors (Lipinski definition) is 13. The molecule has 382 valence electrons. The van der Waals surface area contributed by atoms with E-state index in [0.717, 1.165) is 21.4 Å². The van der Waals surface area contributed by atoms with Crippen LogP contribution in [0.2, 0.25) is 0 Å². The SMILES string of the molecule is CC(C)C[C@H](NC(=O)[C@H](CCC(=O)O)NC(=O)[C@@H](N)Cc1c[nH]c2ccccc12)C(=O)N[C@@H](CCCN=C(N)N)C(=O)N[C@H](C(=O)N[C@@H](CO)C(=O)N[C@@H](CO)C(=O)N1CCC[C@H]1C(=O)O)C(C)C. The number of carboxylic acid groups (broad SMARTS) is 2. The van der Waals surface area contributed by atoms with Crippen LogP contribution in [-0.4, -0.2) is 164 Å². The standard InChI is InChI=1S/C44H68N12O13/c1-22(2)17-30(52-37(62)29(13-14-34(59)60)50-36(61)26(45)18-24-19-49-27-10-6-5-9-25(24)27)39(64)51-28(11-7-15-48-44(46)47)38(63)55-35(23(3)4)41(66)53-31(20-57)40(65)54-32(21-58)42(67)56-16-8-12-33(56)43(68)69/h5-6,9-10,19,22-23,26,28-33,35,49,57-58H,7-8,11-18,20-21,45H2,1-4H3,(H,50,61)(H,51,64)(H,52,62)(H,53,66)(H,54,65)(H,55,63)(H,59,60)(H,68,69)(H4,46,47,48)/t26-,28-,29-,30-,31-,32-,33-,35-/m0/s1. The topological polar surface area (TPSA) is 416 Å². The van der Waals surface area contributed by atoms with Gasteiger partial charge in [0.05, 0.1) is 19.3 Å². The van der Waals surface area contributed by atoms with E-state index in [4.69, 9.17) is 17.2 Å².